The molecule has 1 amide bonds. The van der Waals surface area contributed by atoms with E-state index in [-0.39, 0.29) is 12.5 Å². The Morgan fingerprint density at radius 1 is 1.19 bits per heavy atom. The number of benzene rings is 2. The summed E-state index contributed by atoms with van der Waals surface area (Å²) < 4.78 is 10.9. The molecule has 0 atom stereocenters. The van der Waals surface area contributed by atoms with Gasteiger partial charge < -0.3 is 19.6 Å². The molecule has 2 aromatic carbocycles. The number of carbonyl (C=O) groups is 1. The SMILES string of the molecule is COc1ccc(-c2ccc(CO)o2)cc1NC(=O)c1ccc(C)c(Cl)c1. The Kier molecular flexibility index (Phi) is 5.30. The second-order valence-electron chi connectivity index (χ2n) is 5.76. The molecular weight excluding hydrogens is 354 g/mol. The summed E-state index contributed by atoms with van der Waals surface area (Å²) in [7, 11) is 1.53. The van der Waals surface area contributed by atoms with Gasteiger partial charge in [0.15, 0.2) is 0 Å². The number of amides is 1. The second-order valence-corrected chi connectivity index (χ2v) is 6.16. The summed E-state index contributed by atoms with van der Waals surface area (Å²) in [5, 5.41) is 12.5. The molecule has 0 aliphatic rings. The summed E-state index contributed by atoms with van der Waals surface area (Å²) in [6.07, 6.45) is 0. The average molecular weight is 372 g/mol. The Bertz CT molecular complexity index is 949. The van der Waals surface area contributed by atoms with E-state index in [1.807, 2.05) is 13.0 Å². The van der Waals surface area contributed by atoms with Crippen molar-refractivity contribution in [3.8, 4) is 17.1 Å². The number of aliphatic hydroxyl groups is 1. The lowest BCUT2D eigenvalue weighted by molar-refractivity contribution is 0.102. The largest absolute Gasteiger partial charge is 0.495 e. The van der Waals surface area contributed by atoms with Crippen molar-refractivity contribution in [2.24, 2.45) is 0 Å². The number of halogens is 1. The molecule has 0 saturated carbocycles. The van der Waals surface area contributed by atoms with E-state index in [2.05, 4.69) is 5.32 Å². The quantitative estimate of drug-likeness (QED) is 0.684. The number of hydrogen-bond donors (Lipinski definition) is 2. The molecule has 6 heteroatoms. The lowest BCUT2D eigenvalue weighted by Crippen LogP contribution is -2.12. The van der Waals surface area contributed by atoms with Crippen molar-refractivity contribution in [3.05, 3.63) is 70.4 Å². The molecule has 5 nitrogen and oxygen atoms in total. The van der Waals surface area contributed by atoms with Gasteiger partial charge in [-0.05, 0) is 55.0 Å². The number of nitrogens with one attached hydrogen (secondary N) is 1. The van der Waals surface area contributed by atoms with Crippen molar-refractivity contribution in [2.75, 3.05) is 12.4 Å². The summed E-state index contributed by atoms with van der Waals surface area (Å²) in [4.78, 5) is 12.6. The lowest BCUT2D eigenvalue weighted by atomic mass is 10.1. The van der Waals surface area contributed by atoms with Crippen LogP contribution in [0.4, 0.5) is 5.69 Å². The Balaban J connectivity index is 1.91. The van der Waals surface area contributed by atoms with Gasteiger partial charge in [-0.15, -0.1) is 0 Å². The van der Waals surface area contributed by atoms with E-state index in [0.29, 0.717) is 33.5 Å². The first-order valence-corrected chi connectivity index (χ1v) is 8.35. The van der Waals surface area contributed by atoms with Gasteiger partial charge in [-0.1, -0.05) is 17.7 Å². The van der Waals surface area contributed by atoms with Gasteiger partial charge in [-0.2, -0.15) is 0 Å². The third-order valence-electron chi connectivity index (χ3n) is 3.98. The molecule has 0 spiro atoms. The number of rotatable bonds is 5. The van der Waals surface area contributed by atoms with Crippen LogP contribution in [0.25, 0.3) is 11.3 Å². The number of carbonyl (C=O) groups excluding carboxylic acids is 1. The van der Waals surface area contributed by atoms with Crippen LogP contribution >= 0.6 is 11.6 Å². The van der Waals surface area contributed by atoms with Crippen molar-refractivity contribution in [2.45, 2.75) is 13.5 Å². The van der Waals surface area contributed by atoms with E-state index < -0.39 is 0 Å². The van der Waals surface area contributed by atoms with Gasteiger partial charge in [0.05, 0.1) is 12.8 Å². The van der Waals surface area contributed by atoms with Crippen LogP contribution in [0.2, 0.25) is 5.02 Å². The predicted molar refractivity (Wildman–Crippen MR) is 101 cm³/mol. The summed E-state index contributed by atoms with van der Waals surface area (Å²) >= 11 is 6.10. The molecule has 0 unspecified atom stereocenters. The normalized spacial score (nSPS) is 10.6. The number of methoxy groups -OCH3 is 1. The molecule has 3 rings (SSSR count). The maximum absolute atomic E-state index is 12.6. The predicted octanol–water partition coefficient (Wildman–Crippen LogP) is 4.66. The number of hydrogen-bond acceptors (Lipinski definition) is 4. The molecular formula is C20H18ClNO4. The van der Waals surface area contributed by atoms with Gasteiger partial charge >= 0.3 is 0 Å². The maximum atomic E-state index is 12.6. The number of anilines is 1. The van der Waals surface area contributed by atoms with E-state index in [4.69, 9.17) is 25.9 Å². The highest BCUT2D eigenvalue weighted by atomic mass is 35.5. The number of aliphatic hydroxyl groups excluding tert-OH is 1. The molecule has 0 saturated heterocycles. The molecule has 3 aromatic rings. The van der Waals surface area contributed by atoms with Crippen LogP contribution < -0.4 is 10.1 Å². The minimum atomic E-state index is -0.294. The van der Waals surface area contributed by atoms with Crippen LogP contribution in [-0.2, 0) is 6.61 Å². The molecule has 0 aliphatic heterocycles. The molecule has 0 fully saturated rings. The lowest BCUT2D eigenvalue weighted by Gasteiger charge is -2.12. The highest BCUT2D eigenvalue weighted by molar-refractivity contribution is 6.31. The van der Waals surface area contributed by atoms with Crippen molar-refractivity contribution in [3.63, 3.8) is 0 Å². The first kappa shape index (κ1) is 18.0. The van der Waals surface area contributed by atoms with E-state index in [0.717, 1.165) is 11.1 Å². The highest BCUT2D eigenvalue weighted by Gasteiger charge is 2.13. The Hall–Kier alpha value is -2.76. The molecule has 2 N–H and O–H groups in total. The van der Waals surface area contributed by atoms with Crippen LogP contribution in [0.1, 0.15) is 21.7 Å². The van der Waals surface area contributed by atoms with Crippen LogP contribution in [0.5, 0.6) is 5.75 Å². The minimum Gasteiger partial charge on any atom is -0.495 e. The number of aryl methyl sites for hydroxylation is 1. The third-order valence-corrected chi connectivity index (χ3v) is 4.39. The molecule has 134 valence electrons. The van der Waals surface area contributed by atoms with E-state index in [1.54, 1.807) is 42.5 Å². The fraction of sp³-hybridized carbons (Fsp3) is 0.150. The van der Waals surface area contributed by atoms with E-state index in [1.165, 1.54) is 7.11 Å². The van der Waals surface area contributed by atoms with Gasteiger partial charge in [0.1, 0.15) is 23.9 Å². The Morgan fingerprint density at radius 2 is 2.00 bits per heavy atom. The van der Waals surface area contributed by atoms with E-state index in [9.17, 15) is 4.79 Å². The average Bonchev–Trinajstić information content (AvgIpc) is 3.13. The van der Waals surface area contributed by atoms with Crippen molar-refractivity contribution < 1.29 is 19.1 Å². The van der Waals surface area contributed by atoms with Gasteiger partial charge in [-0.25, -0.2) is 0 Å². The first-order valence-electron chi connectivity index (χ1n) is 7.97. The fourth-order valence-electron chi connectivity index (χ4n) is 2.51. The second kappa shape index (κ2) is 7.64. The Labute approximate surface area is 156 Å². The third kappa shape index (κ3) is 3.74. The zero-order valence-electron chi connectivity index (χ0n) is 14.4. The zero-order valence-corrected chi connectivity index (χ0v) is 15.1. The molecule has 0 aliphatic carbocycles. The number of ether oxygens (including phenoxy) is 1. The zero-order chi connectivity index (χ0) is 18.7. The minimum absolute atomic E-state index is 0.173. The summed E-state index contributed by atoms with van der Waals surface area (Å²) in [6.45, 7) is 1.70. The van der Waals surface area contributed by atoms with Crippen molar-refractivity contribution in [1.82, 2.24) is 0 Å². The smallest absolute Gasteiger partial charge is 0.255 e. The van der Waals surface area contributed by atoms with Crippen LogP contribution in [0.15, 0.2) is 52.9 Å². The van der Waals surface area contributed by atoms with Gasteiger partial charge in [0, 0.05) is 16.1 Å². The fourth-order valence-corrected chi connectivity index (χ4v) is 2.69. The molecule has 1 aromatic heterocycles. The van der Waals surface area contributed by atoms with E-state index >= 15 is 0 Å². The maximum Gasteiger partial charge on any atom is 0.255 e. The summed E-state index contributed by atoms with van der Waals surface area (Å²) in [5.74, 6) is 1.29. The van der Waals surface area contributed by atoms with Gasteiger partial charge in [0.2, 0.25) is 0 Å². The standard InChI is InChI=1S/C20H18ClNO4/c1-12-3-4-14(9-16(12)21)20(24)22-17-10-13(5-7-19(17)25-2)18-8-6-15(11-23)26-18/h3-10,23H,11H2,1-2H3,(H,22,24). The molecule has 1 heterocycles. The first-order chi connectivity index (χ1) is 12.5. The molecule has 0 radical (unpaired) electrons. The van der Waals surface area contributed by atoms with Crippen LogP contribution in [0.3, 0.4) is 0 Å². The van der Waals surface area contributed by atoms with Crippen molar-refractivity contribution in [1.29, 1.82) is 0 Å². The van der Waals surface area contributed by atoms with Gasteiger partial charge in [-0.3, -0.25) is 4.79 Å². The van der Waals surface area contributed by atoms with Crippen LogP contribution in [0, 0.1) is 6.92 Å². The molecule has 0 bridgehead atoms. The van der Waals surface area contributed by atoms with Crippen molar-refractivity contribution >= 4 is 23.2 Å². The Morgan fingerprint density at radius 3 is 2.65 bits per heavy atom. The summed E-state index contributed by atoms with van der Waals surface area (Å²) in [5.41, 5.74) is 2.62. The number of furan rings is 1. The topological polar surface area (TPSA) is 71.7 Å². The monoisotopic (exact) mass is 371 g/mol. The highest BCUT2D eigenvalue weighted by Crippen LogP contribution is 2.32. The van der Waals surface area contributed by atoms with Gasteiger partial charge in [0.25, 0.3) is 5.91 Å². The summed E-state index contributed by atoms with van der Waals surface area (Å²) in [6, 6.07) is 13.9. The van der Waals surface area contributed by atoms with Crippen LogP contribution in [-0.4, -0.2) is 18.1 Å². The molecule has 26 heavy (non-hydrogen) atoms.